The van der Waals surface area contributed by atoms with Crippen molar-refractivity contribution in [2.24, 2.45) is 0 Å². The van der Waals surface area contributed by atoms with Gasteiger partial charge in [0.1, 0.15) is 35.4 Å². The number of nitrogens with one attached hydrogen (secondary N) is 1. The second-order valence-corrected chi connectivity index (χ2v) is 8.47. The largest absolute Gasteiger partial charge is 0.491 e. The molecule has 0 saturated carbocycles. The van der Waals surface area contributed by atoms with E-state index in [2.05, 4.69) is 15.3 Å². The molecule has 11 heteroatoms. The Bertz CT molecular complexity index is 1240. The number of rotatable bonds is 3. The van der Waals surface area contributed by atoms with Gasteiger partial charge in [0.05, 0.1) is 24.3 Å². The van der Waals surface area contributed by atoms with Crippen LogP contribution in [0.15, 0.2) is 42.6 Å². The first kappa shape index (κ1) is 22.3. The number of aromatic nitrogens is 3. The smallest absolute Gasteiger partial charge is 0.433 e. The number of fused-ring (bicyclic) bond motifs is 2. The fourth-order valence-electron chi connectivity index (χ4n) is 4.34. The Kier molecular flexibility index (Phi) is 5.51. The van der Waals surface area contributed by atoms with E-state index >= 15 is 0 Å². The van der Waals surface area contributed by atoms with Crippen molar-refractivity contribution in [3.8, 4) is 5.75 Å². The first-order chi connectivity index (χ1) is 16.2. The van der Waals surface area contributed by atoms with Gasteiger partial charge >= 0.3 is 6.18 Å². The Hall–Kier alpha value is -3.47. The van der Waals surface area contributed by atoms with E-state index in [0.29, 0.717) is 42.3 Å². The average molecular weight is 475 g/mol. The van der Waals surface area contributed by atoms with Gasteiger partial charge in [-0.3, -0.25) is 9.69 Å². The van der Waals surface area contributed by atoms with E-state index in [1.165, 1.54) is 12.1 Å². The molecule has 0 saturated heterocycles. The number of carbonyl (C=O) groups is 1. The van der Waals surface area contributed by atoms with Gasteiger partial charge in [-0.05, 0) is 31.3 Å². The molecule has 4 heterocycles. The van der Waals surface area contributed by atoms with Gasteiger partial charge in [0.15, 0.2) is 0 Å². The molecule has 34 heavy (non-hydrogen) atoms. The molecule has 1 N–H and O–H groups in total. The molecule has 0 spiro atoms. The summed E-state index contributed by atoms with van der Waals surface area (Å²) in [5.41, 5.74) is -0.0491. The molecule has 1 unspecified atom stereocenters. The van der Waals surface area contributed by atoms with Gasteiger partial charge in [0.2, 0.25) is 0 Å². The maximum atomic E-state index is 14.1. The molecule has 1 aromatic carbocycles. The molecule has 1 amide bonds. The number of pyridine rings is 1. The standard InChI is InChI=1S/C23H21F4N5O2/c1-31-11-21-30-17(22(33)28-13-8-14-15(24)4-2-6-19(14)34-12-13)9-32(21)10-18(31)16-5-3-7-20(29-16)23(25,26)27/h2-7,9,13,18H,8,10-12H2,1H3,(H,28,33)/t13-,18?/m1/s1. The van der Waals surface area contributed by atoms with Gasteiger partial charge in [0, 0.05) is 24.7 Å². The Morgan fingerprint density at radius 1 is 1.18 bits per heavy atom. The zero-order valence-electron chi connectivity index (χ0n) is 18.1. The summed E-state index contributed by atoms with van der Waals surface area (Å²) in [7, 11) is 1.77. The fourth-order valence-corrected chi connectivity index (χ4v) is 4.34. The zero-order chi connectivity index (χ0) is 24.0. The van der Waals surface area contributed by atoms with Gasteiger partial charge < -0.3 is 14.6 Å². The first-order valence-corrected chi connectivity index (χ1v) is 10.7. The Morgan fingerprint density at radius 2 is 1.97 bits per heavy atom. The van der Waals surface area contributed by atoms with Gasteiger partial charge in [0.25, 0.3) is 5.91 Å². The average Bonchev–Trinajstić information content (AvgIpc) is 3.22. The van der Waals surface area contributed by atoms with E-state index in [4.69, 9.17) is 4.74 Å². The van der Waals surface area contributed by atoms with Crippen LogP contribution in [-0.4, -0.2) is 45.0 Å². The summed E-state index contributed by atoms with van der Waals surface area (Å²) in [6.45, 7) is 0.842. The number of benzene rings is 1. The van der Waals surface area contributed by atoms with Crippen molar-refractivity contribution in [3.63, 3.8) is 0 Å². The molecule has 7 nitrogen and oxygen atoms in total. The summed E-state index contributed by atoms with van der Waals surface area (Å²) in [4.78, 5) is 22.9. The molecule has 2 aromatic heterocycles. The molecule has 5 rings (SSSR count). The van der Waals surface area contributed by atoms with Crippen LogP contribution in [0.25, 0.3) is 0 Å². The van der Waals surface area contributed by atoms with E-state index in [1.54, 1.807) is 36.0 Å². The van der Waals surface area contributed by atoms with Crippen LogP contribution in [0.2, 0.25) is 0 Å². The topological polar surface area (TPSA) is 72.3 Å². The summed E-state index contributed by atoms with van der Waals surface area (Å²) >= 11 is 0. The summed E-state index contributed by atoms with van der Waals surface area (Å²) in [5.74, 6) is 0.283. The van der Waals surface area contributed by atoms with Crippen LogP contribution in [0.3, 0.4) is 0 Å². The SMILES string of the molecule is CN1Cc2nc(C(=O)N[C@H]3COc4cccc(F)c4C3)cn2CC1c1cccc(C(F)(F)F)n1. The molecule has 0 radical (unpaired) electrons. The molecule has 2 aliphatic heterocycles. The lowest BCUT2D eigenvalue weighted by molar-refractivity contribution is -0.141. The third-order valence-electron chi connectivity index (χ3n) is 6.09. The first-order valence-electron chi connectivity index (χ1n) is 10.7. The molecule has 0 aliphatic carbocycles. The number of hydrogen-bond acceptors (Lipinski definition) is 5. The number of likely N-dealkylation sites (N-methyl/N-ethyl adjacent to an activating group) is 1. The maximum absolute atomic E-state index is 14.1. The third kappa shape index (κ3) is 4.23. The molecular weight excluding hydrogens is 454 g/mol. The predicted molar refractivity (Wildman–Crippen MR) is 113 cm³/mol. The lowest BCUT2D eigenvalue weighted by Gasteiger charge is -2.32. The third-order valence-corrected chi connectivity index (χ3v) is 6.09. The monoisotopic (exact) mass is 475 g/mol. The normalized spacial score (nSPS) is 20.3. The number of hydrogen-bond donors (Lipinski definition) is 1. The summed E-state index contributed by atoms with van der Waals surface area (Å²) < 4.78 is 60.7. The number of imidazole rings is 1. The number of nitrogens with zero attached hydrogens (tertiary/aromatic N) is 4. The van der Waals surface area contributed by atoms with E-state index < -0.39 is 29.9 Å². The maximum Gasteiger partial charge on any atom is 0.433 e. The minimum atomic E-state index is -4.53. The highest BCUT2D eigenvalue weighted by Crippen LogP contribution is 2.32. The number of alkyl halides is 3. The molecule has 178 valence electrons. The summed E-state index contributed by atoms with van der Waals surface area (Å²) in [6, 6.07) is 7.62. The minimum Gasteiger partial charge on any atom is -0.491 e. The Labute approximate surface area is 192 Å². The Balaban J connectivity index is 1.31. The zero-order valence-corrected chi connectivity index (χ0v) is 18.1. The van der Waals surface area contributed by atoms with Crippen LogP contribution < -0.4 is 10.1 Å². The van der Waals surface area contributed by atoms with Gasteiger partial charge in [-0.25, -0.2) is 14.4 Å². The number of amides is 1. The van der Waals surface area contributed by atoms with Crippen LogP contribution >= 0.6 is 0 Å². The molecule has 3 aromatic rings. The van der Waals surface area contributed by atoms with E-state index in [1.807, 2.05) is 4.90 Å². The van der Waals surface area contributed by atoms with Gasteiger partial charge in [-0.1, -0.05) is 12.1 Å². The molecular formula is C23H21F4N5O2. The van der Waals surface area contributed by atoms with Crippen LogP contribution in [0, 0.1) is 5.82 Å². The van der Waals surface area contributed by atoms with E-state index in [0.717, 1.165) is 6.07 Å². The van der Waals surface area contributed by atoms with Gasteiger partial charge in [-0.2, -0.15) is 13.2 Å². The van der Waals surface area contributed by atoms with E-state index in [9.17, 15) is 22.4 Å². The molecule has 0 fully saturated rings. The lowest BCUT2D eigenvalue weighted by Crippen LogP contribution is -2.43. The van der Waals surface area contributed by atoms with Crippen molar-refractivity contribution in [1.82, 2.24) is 24.8 Å². The van der Waals surface area contributed by atoms with Crippen molar-refractivity contribution in [3.05, 3.63) is 76.9 Å². The van der Waals surface area contributed by atoms with Crippen LogP contribution in [0.5, 0.6) is 5.75 Å². The predicted octanol–water partition coefficient (Wildman–Crippen LogP) is 3.36. The van der Waals surface area contributed by atoms with Crippen molar-refractivity contribution in [1.29, 1.82) is 0 Å². The van der Waals surface area contributed by atoms with Crippen LogP contribution in [0.4, 0.5) is 17.6 Å². The summed E-state index contributed by atoms with van der Waals surface area (Å²) in [6.07, 6.45) is -2.65. The summed E-state index contributed by atoms with van der Waals surface area (Å²) in [5, 5.41) is 2.83. The Morgan fingerprint density at radius 3 is 2.76 bits per heavy atom. The van der Waals surface area contributed by atoms with Crippen molar-refractivity contribution in [2.75, 3.05) is 13.7 Å². The second-order valence-electron chi connectivity index (χ2n) is 8.47. The van der Waals surface area contributed by atoms with Gasteiger partial charge in [-0.15, -0.1) is 0 Å². The highest BCUT2D eigenvalue weighted by atomic mass is 19.4. The van der Waals surface area contributed by atoms with E-state index in [-0.39, 0.29) is 18.1 Å². The second kappa shape index (κ2) is 8.39. The highest BCUT2D eigenvalue weighted by molar-refractivity contribution is 5.92. The highest BCUT2D eigenvalue weighted by Gasteiger charge is 2.35. The lowest BCUT2D eigenvalue weighted by atomic mass is 10.0. The van der Waals surface area contributed by atoms with Crippen LogP contribution in [-0.2, 0) is 25.7 Å². The van der Waals surface area contributed by atoms with Crippen molar-refractivity contribution >= 4 is 5.91 Å². The van der Waals surface area contributed by atoms with Crippen LogP contribution in [0.1, 0.15) is 39.3 Å². The molecule has 2 aliphatic rings. The van der Waals surface area contributed by atoms with Crippen molar-refractivity contribution in [2.45, 2.75) is 37.8 Å². The fraction of sp³-hybridized carbons (Fsp3) is 0.348. The number of halogens is 4. The number of carbonyl (C=O) groups excluding carboxylic acids is 1. The molecule has 2 atom stereocenters. The van der Waals surface area contributed by atoms with Crippen molar-refractivity contribution < 1.29 is 27.1 Å². The minimum absolute atomic E-state index is 0.181. The molecule has 0 bridgehead atoms. The quantitative estimate of drug-likeness (QED) is 0.589. The number of ether oxygens (including phenoxy) is 1.